The summed E-state index contributed by atoms with van der Waals surface area (Å²) >= 11 is 17.5. The van der Waals surface area contributed by atoms with Gasteiger partial charge in [-0.3, -0.25) is 4.90 Å². The first-order chi connectivity index (χ1) is 16.6. The van der Waals surface area contributed by atoms with E-state index in [9.17, 15) is 9.90 Å². The average Bonchev–Trinajstić information content (AvgIpc) is 2.99. The molecule has 194 valence electrons. The maximum Gasteiger partial charge on any atom is 0.409 e. The zero-order valence-electron chi connectivity index (χ0n) is 20.6. The molecule has 3 aliphatic carbocycles. The summed E-state index contributed by atoms with van der Waals surface area (Å²) in [6.45, 7) is 3.90. The molecule has 6 atom stereocenters. The van der Waals surface area contributed by atoms with E-state index in [1.165, 1.54) is 11.1 Å². The van der Waals surface area contributed by atoms with Gasteiger partial charge < -0.3 is 19.5 Å². The molecule has 0 spiro atoms. The first kappa shape index (κ1) is 25.7. The number of nitrogens with zero attached hydrogens (tertiary/aromatic N) is 2. The van der Waals surface area contributed by atoms with E-state index < -0.39 is 9.89 Å². The van der Waals surface area contributed by atoms with Crippen LogP contribution in [0.2, 0.25) is 0 Å². The number of rotatable bonds is 5. The number of halogens is 3. The highest BCUT2D eigenvalue weighted by Gasteiger charge is 2.73. The van der Waals surface area contributed by atoms with Crippen LogP contribution in [-0.4, -0.2) is 77.3 Å². The molecule has 3 fully saturated rings. The van der Waals surface area contributed by atoms with Crippen molar-refractivity contribution < 1.29 is 19.4 Å². The fraction of sp³-hybridized carbons (Fsp3) is 0.731. The lowest BCUT2D eigenvalue weighted by molar-refractivity contribution is -0.107. The second-order valence-corrected chi connectivity index (χ2v) is 13.5. The maximum absolute atomic E-state index is 13.1. The lowest BCUT2D eigenvalue weighted by Crippen LogP contribution is -2.70. The van der Waals surface area contributed by atoms with E-state index in [0.717, 1.165) is 44.4 Å². The lowest BCUT2D eigenvalue weighted by Gasteiger charge is -2.66. The van der Waals surface area contributed by atoms with Gasteiger partial charge in [0.15, 0.2) is 0 Å². The summed E-state index contributed by atoms with van der Waals surface area (Å²) in [6, 6.07) is 6.97. The van der Waals surface area contributed by atoms with E-state index >= 15 is 0 Å². The number of carbonyl (C=O) groups is 1. The molecule has 1 amide bonds. The molecule has 2 saturated carbocycles. The van der Waals surface area contributed by atoms with E-state index in [1.807, 2.05) is 7.05 Å². The number of hydrogen-bond acceptors (Lipinski definition) is 5. The van der Waals surface area contributed by atoms with Gasteiger partial charge in [-0.1, -0.05) is 47.8 Å². The van der Waals surface area contributed by atoms with Gasteiger partial charge in [0.25, 0.3) is 0 Å². The molecule has 1 heterocycles. The number of aliphatic hydroxyl groups excluding tert-OH is 1. The summed E-state index contributed by atoms with van der Waals surface area (Å²) in [5.41, 5.74) is 2.83. The minimum atomic E-state index is -1.64. The smallest absolute Gasteiger partial charge is 0.409 e. The number of alkyl halides is 3. The molecule has 9 heteroatoms. The van der Waals surface area contributed by atoms with Crippen LogP contribution in [0.15, 0.2) is 18.2 Å². The molecule has 4 aliphatic rings. The number of piperidine rings is 1. The van der Waals surface area contributed by atoms with Crippen molar-refractivity contribution in [3.63, 3.8) is 0 Å². The van der Waals surface area contributed by atoms with Gasteiger partial charge in [0, 0.05) is 31.1 Å². The second-order valence-electron chi connectivity index (χ2n) is 11.0. The molecule has 0 radical (unpaired) electrons. The van der Waals surface area contributed by atoms with Gasteiger partial charge in [-0.25, -0.2) is 4.79 Å². The van der Waals surface area contributed by atoms with Crippen molar-refractivity contribution in [3.05, 3.63) is 29.3 Å². The van der Waals surface area contributed by atoms with Crippen LogP contribution in [0.1, 0.15) is 43.7 Å². The lowest BCUT2D eigenvalue weighted by atomic mass is 9.43. The zero-order chi connectivity index (χ0) is 25.2. The minimum Gasteiger partial charge on any atom is -0.497 e. The zero-order valence-corrected chi connectivity index (χ0v) is 22.9. The monoisotopic (exact) mass is 544 g/mol. The maximum atomic E-state index is 13.1. The van der Waals surface area contributed by atoms with Crippen LogP contribution in [0.4, 0.5) is 4.79 Å². The summed E-state index contributed by atoms with van der Waals surface area (Å²) in [7, 11) is 3.55. The molecule has 35 heavy (non-hydrogen) atoms. The highest BCUT2D eigenvalue weighted by molar-refractivity contribution is 6.67. The fourth-order valence-corrected chi connectivity index (χ4v) is 8.93. The fourth-order valence-electron chi connectivity index (χ4n) is 8.76. The number of carbonyl (C=O) groups excluding carboxylic acids is 1. The van der Waals surface area contributed by atoms with E-state index in [2.05, 4.69) is 30.0 Å². The molecule has 4 bridgehead atoms. The van der Waals surface area contributed by atoms with Gasteiger partial charge in [0.2, 0.25) is 3.79 Å². The van der Waals surface area contributed by atoms with Crippen LogP contribution >= 0.6 is 34.8 Å². The van der Waals surface area contributed by atoms with E-state index in [1.54, 1.807) is 12.0 Å². The molecule has 5 unspecified atom stereocenters. The highest BCUT2D eigenvalue weighted by atomic mass is 35.6. The van der Waals surface area contributed by atoms with Crippen LogP contribution in [0.5, 0.6) is 5.75 Å². The summed E-state index contributed by atoms with van der Waals surface area (Å²) < 4.78 is 9.43. The molecule has 1 aliphatic heterocycles. The Morgan fingerprint density at radius 3 is 2.77 bits per heavy atom. The summed E-state index contributed by atoms with van der Waals surface area (Å²) in [6.07, 6.45) is 4.62. The third-order valence-corrected chi connectivity index (χ3v) is 10.00. The van der Waals surface area contributed by atoms with Crippen molar-refractivity contribution in [2.24, 2.45) is 17.3 Å². The standard InChI is InChI=1S/C26H35Cl3N2O4/c1-16-14-24-7-6-20(30(2)23(33)35-15-26(27,28)29)22(16)25(24)8-9-31(10-11-32)21(24)12-17-4-5-18(34-3)13-19(17)25/h4-5,13,16,20-22,32H,6-12,14-15H2,1-3H3/t16-,20?,21?,22?,24?,25?/m0/s1. The predicted molar refractivity (Wildman–Crippen MR) is 138 cm³/mol. The van der Waals surface area contributed by atoms with E-state index in [4.69, 9.17) is 44.3 Å². The third kappa shape index (κ3) is 3.85. The van der Waals surface area contributed by atoms with Crippen LogP contribution in [0.25, 0.3) is 0 Å². The molecular formula is C26H35Cl3N2O4. The second kappa shape index (κ2) is 9.13. The summed E-state index contributed by atoms with van der Waals surface area (Å²) in [4.78, 5) is 17.3. The van der Waals surface area contributed by atoms with E-state index in [0.29, 0.717) is 18.5 Å². The molecule has 0 aromatic heterocycles. The molecule has 6 nitrogen and oxygen atoms in total. The number of likely N-dealkylation sites (tertiary alicyclic amines) is 1. The van der Waals surface area contributed by atoms with Crippen molar-refractivity contribution in [3.8, 4) is 5.75 Å². The van der Waals surface area contributed by atoms with Gasteiger partial charge in [0.05, 0.1) is 13.7 Å². The number of amides is 1. The first-order valence-corrected chi connectivity index (χ1v) is 13.7. The van der Waals surface area contributed by atoms with Gasteiger partial charge in [-0.15, -0.1) is 0 Å². The number of fused-ring (bicyclic) bond motifs is 1. The molecule has 1 N–H and O–H groups in total. The van der Waals surface area contributed by atoms with Gasteiger partial charge in [-0.05, 0) is 79.2 Å². The van der Waals surface area contributed by atoms with Crippen molar-refractivity contribution in [1.82, 2.24) is 9.80 Å². The Kier molecular flexibility index (Phi) is 6.71. The Labute approximate surface area is 222 Å². The predicted octanol–water partition coefficient (Wildman–Crippen LogP) is 4.80. The summed E-state index contributed by atoms with van der Waals surface area (Å²) in [5, 5.41) is 9.83. The van der Waals surface area contributed by atoms with Crippen molar-refractivity contribution in [2.75, 3.05) is 40.5 Å². The number of methoxy groups -OCH3 is 1. The van der Waals surface area contributed by atoms with Crippen molar-refractivity contribution >= 4 is 40.9 Å². The Bertz CT molecular complexity index is 988. The number of hydrogen-bond donors (Lipinski definition) is 1. The topological polar surface area (TPSA) is 62.2 Å². The normalized spacial score (nSPS) is 35.7. The van der Waals surface area contributed by atoms with Crippen LogP contribution in [-0.2, 0) is 16.6 Å². The Morgan fingerprint density at radius 1 is 1.31 bits per heavy atom. The van der Waals surface area contributed by atoms with Crippen LogP contribution < -0.4 is 4.74 Å². The Morgan fingerprint density at radius 2 is 2.09 bits per heavy atom. The number of β-amino-alcohol motifs (C(OH)–C–C–N with tert-alkyl or cyclic N) is 1. The Hall–Kier alpha value is -0.920. The summed E-state index contributed by atoms with van der Waals surface area (Å²) in [5.74, 6) is 1.60. The molecular weight excluding hydrogens is 511 g/mol. The molecule has 1 aromatic carbocycles. The van der Waals surface area contributed by atoms with Gasteiger partial charge in [0.1, 0.15) is 12.4 Å². The number of aliphatic hydroxyl groups is 1. The molecule has 1 saturated heterocycles. The van der Waals surface area contributed by atoms with Gasteiger partial charge >= 0.3 is 6.09 Å². The highest BCUT2D eigenvalue weighted by Crippen LogP contribution is 2.73. The minimum absolute atomic E-state index is 0.0331. The molecule has 1 aromatic rings. The van der Waals surface area contributed by atoms with Crippen LogP contribution in [0.3, 0.4) is 0 Å². The first-order valence-electron chi connectivity index (χ1n) is 12.6. The largest absolute Gasteiger partial charge is 0.497 e. The van der Waals surface area contributed by atoms with Crippen molar-refractivity contribution in [2.45, 2.75) is 60.3 Å². The van der Waals surface area contributed by atoms with E-state index in [-0.39, 0.29) is 36.0 Å². The third-order valence-electron chi connectivity index (χ3n) is 9.67. The van der Waals surface area contributed by atoms with Gasteiger partial charge in [-0.2, -0.15) is 0 Å². The number of ether oxygens (including phenoxy) is 2. The SMILES string of the molecule is COc1ccc2c(c1)C13CCN(CCO)C(C2)C12CCC(N(C)C(=O)OCC(Cl)(Cl)Cl)C3[C@@H](C)C2. The quantitative estimate of drug-likeness (QED) is 0.539. The number of benzene rings is 1. The molecule has 5 rings (SSSR count). The average molecular weight is 546 g/mol. The van der Waals surface area contributed by atoms with Crippen LogP contribution in [0, 0.1) is 17.3 Å². The Balaban J connectivity index is 1.58. The van der Waals surface area contributed by atoms with Crippen molar-refractivity contribution in [1.29, 1.82) is 0 Å².